The molecule has 4 aromatic rings. The summed E-state index contributed by atoms with van der Waals surface area (Å²) in [6, 6.07) is 26.1. The first kappa shape index (κ1) is 23.1. The van der Waals surface area contributed by atoms with Gasteiger partial charge < -0.3 is 14.9 Å². The summed E-state index contributed by atoms with van der Waals surface area (Å²) in [6.07, 6.45) is 1.76. The van der Waals surface area contributed by atoms with E-state index in [1.54, 1.807) is 6.21 Å². The number of hydrazone groups is 1. The van der Waals surface area contributed by atoms with Crippen LogP contribution in [0.5, 0.6) is 11.5 Å². The second-order valence-corrected chi connectivity index (χ2v) is 8.70. The summed E-state index contributed by atoms with van der Waals surface area (Å²) < 4.78 is 12.9. The third-order valence-electron chi connectivity index (χ3n) is 5.08. The zero-order valence-electron chi connectivity index (χ0n) is 18.2. The van der Waals surface area contributed by atoms with Crippen molar-refractivity contribution in [2.45, 2.75) is 20.1 Å². The lowest BCUT2D eigenvalue weighted by Crippen LogP contribution is -2.06. The van der Waals surface area contributed by atoms with E-state index in [2.05, 4.69) is 56.8 Å². The Labute approximate surface area is 207 Å². The molecule has 0 saturated heterocycles. The summed E-state index contributed by atoms with van der Waals surface area (Å²) in [6.45, 7) is 3.54. The molecule has 0 aliphatic carbocycles. The Morgan fingerprint density at radius 2 is 1.76 bits per heavy atom. The van der Waals surface area contributed by atoms with Crippen LogP contribution in [0.25, 0.3) is 10.8 Å². The predicted molar refractivity (Wildman–Crippen MR) is 139 cm³/mol. The lowest BCUT2D eigenvalue weighted by molar-refractivity contribution is 0.268. The SMILES string of the molecule is CCOc1cc(/C=N\NCc2ccc(Cl)cc2)cc(Br)c1OCc1cccc2ccccc12. The molecule has 0 aromatic heterocycles. The maximum absolute atomic E-state index is 6.22. The molecule has 0 spiro atoms. The van der Waals surface area contributed by atoms with Crippen molar-refractivity contribution in [3.05, 3.63) is 105 Å². The summed E-state index contributed by atoms with van der Waals surface area (Å²) in [5, 5.41) is 7.43. The van der Waals surface area contributed by atoms with Gasteiger partial charge in [-0.25, -0.2) is 0 Å². The van der Waals surface area contributed by atoms with E-state index in [1.165, 1.54) is 10.8 Å². The lowest BCUT2D eigenvalue weighted by Gasteiger charge is -2.15. The van der Waals surface area contributed by atoms with Gasteiger partial charge in [0.25, 0.3) is 0 Å². The molecule has 0 fully saturated rings. The van der Waals surface area contributed by atoms with E-state index < -0.39 is 0 Å². The molecule has 33 heavy (non-hydrogen) atoms. The van der Waals surface area contributed by atoms with Gasteiger partial charge in [0.15, 0.2) is 11.5 Å². The number of benzene rings is 4. The Kier molecular flexibility index (Phi) is 7.87. The molecule has 0 saturated carbocycles. The monoisotopic (exact) mass is 522 g/mol. The smallest absolute Gasteiger partial charge is 0.175 e. The number of nitrogens with one attached hydrogen (secondary N) is 1. The summed E-state index contributed by atoms with van der Waals surface area (Å²) >= 11 is 9.57. The molecule has 0 heterocycles. The Balaban J connectivity index is 1.47. The number of halogens is 2. The van der Waals surface area contributed by atoms with Crippen molar-refractivity contribution >= 4 is 44.5 Å². The van der Waals surface area contributed by atoms with Crippen LogP contribution in [0.1, 0.15) is 23.6 Å². The van der Waals surface area contributed by atoms with Crippen molar-refractivity contribution in [1.29, 1.82) is 0 Å². The standard InChI is InChI=1S/C27H24BrClN2O2/c1-2-32-26-15-20(17-31-30-16-19-10-12-23(29)13-11-19)14-25(28)27(26)33-18-22-8-5-7-21-6-3-4-9-24(21)22/h3-15,17,30H,2,16,18H2,1H3/b31-17-. The van der Waals surface area contributed by atoms with Gasteiger partial charge in [-0.05, 0) is 74.6 Å². The van der Waals surface area contributed by atoms with Crippen molar-refractivity contribution in [1.82, 2.24) is 5.43 Å². The van der Waals surface area contributed by atoms with E-state index in [1.807, 2.05) is 55.5 Å². The van der Waals surface area contributed by atoms with Crippen LogP contribution in [0.4, 0.5) is 0 Å². The maximum Gasteiger partial charge on any atom is 0.175 e. The van der Waals surface area contributed by atoms with Crippen LogP contribution in [0.15, 0.2) is 88.4 Å². The third-order valence-corrected chi connectivity index (χ3v) is 5.93. The highest BCUT2D eigenvalue weighted by Crippen LogP contribution is 2.37. The van der Waals surface area contributed by atoms with Crippen LogP contribution in [-0.4, -0.2) is 12.8 Å². The third kappa shape index (κ3) is 6.06. The Bertz CT molecular complexity index is 1250. The zero-order valence-corrected chi connectivity index (χ0v) is 20.6. The molecule has 0 radical (unpaired) electrons. The van der Waals surface area contributed by atoms with E-state index in [4.69, 9.17) is 21.1 Å². The minimum absolute atomic E-state index is 0.441. The number of fused-ring (bicyclic) bond motifs is 1. The molecular weight excluding hydrogens is 500 g/mol. The summed E-state index contributed by atoms with van der Waals surface area (Å²) in [4.78, 5) is 0. The largest absolute Gasteiger partial charge is 0.490 e. The van der Waals surface area contributed by atoms with Crippen molar-refractivity contribution in [3.63, 3.8) is 0 Å². The van der Waals surface area contributed by atoms with Gasteiger partial charge >= 0.3 is 0 Å². The van der Waals surface area contributed by atoms with E-state index in [0.717, 1.165) is 26.2 Å². The molecule has 0 atom stereocenters. The van der Waals surface area contributed by atoms with E-state index >= 15 is 0 Å². The molecule has 4 aromatic carbocycles. The fraction of sp³-hybridized carbons (Fsp3) is 0.148. The number of nitrogens with zero attached hydrogens (tertiary/aromatic N) is 1. The summed E-state index contributed by atoms with van der Waals surface area (Å²) in [5.41, 5.74) is 6.18. The molecule has 4 nitrogen and oxygen atoms in total. The first-order chi connectivity index (χ1) is 16.1. The summed E-state index contributed by atoms with van der Waals surface area (Å²) in [5.74, 6) is 1.35. The Morgan fingerprint density at radius 3 is 2.58 bits per heavy atom. The molecule has 0 unspecified atom stereocenters. The average molecular weight is 524 g/mol. The van der Waals surface area contributed by atoms with Gasteiger partial charge in [0.05, 0.1) is 23.8 Å². The molecule has 1 N–H and O–H groups in total. The molecule has 0 aliphatic heterocycles. The van der Waals surface area contributed by atoms with Crippen molar-refractivity contribution in [2.75, 3.05) is 6.61 Å². The zero-order chi connectivity index (χ0) is 23.0. The van der Waals surface area contributed by atoms with Crippen LogP contribution < -0.4 is 14.9 Å². The van der Waals surface area contributed by atoms with Crippen molar-refractivity contribution in [3.8, 4) is 11.5 Å². The van der Waals surface area contributed by atoms with Crippen LogP contribution in [0.2, 0.25) is 5.02 Å². The van der Waals surface area contributed by atoms with Crippen LogP contribution in [0, 0.1) is 0 Å². The first-order valence-corrected chi connectivity index (χ1v) is 11.9. The fourth-order valence-corrected chi connectivity index (χ4v) is 4.19. The topological polar surface area (TPSA) is 42.8 Å². The second-order valence-electron chi connectivity index (χ2n) is 7.41. The van der Waals surface area contributed by atoms with E-state index in [0.29, 0.717) is 31.3 Å². The normalized spacial score (nSPS) is 11.1. The molecule has 0 aliphatic rings. The quantitative estimate of drug-likeness (QED) is 0.184. The lowest BCUT2D eigenvalue weighted by atomic mass is 10.1. The highest BCUT2D eigenvalue weighted by molar-refractivity contribution is 9.10. The number of ether oxygens (including phenoxy) is 2. The minimum Gasteiger partial charge on any atom is -0.490 e. The van der Waals surface area contributed by atoms with Crippen LogP contribution in [-0.2, 0) is 13.2 Å². The van der Waals surface area contributed by atoms with Gasteiger partial charge in [0.1, 0.15) is 6.61 Å². The molecule has 0 bridgehead atoms. The van der Waals surface area contributed by atoms with Crippen molar-refractivity contribution in [2.24, 2.45) is 5.10 Å². The fourth-order valence-electron chi connectivity index (χ4n) is 3.49. The van der Waals surface area contributed by atoms with Crippen molar-refractivity contribution < 1.29 is 9.47 Å². The number of hydrogen-bond acceptors (Lipinski definition) is 4. The van der Waals surface area contributed by atoms with Gasteiger partial charge in [-0.3, -0.25) is 0 Å². The van der Waals surface area contributed by atoms with Gasteiger partial charge in [-0.1, -0.05) is 66.2 Å². The van der Waals surface area contributed by atoms with E-state index in [-0.39, 0.29) is 0 Å². The Hall–Kier alpha value is -3.02. The molecule has 168 valence electrons. The molecule has 4 rings (SSSR count). The van der Waals surface area contributed by atoms with Gasteiger partial charge in [0, 0.05) is 5.02 Å². The minimum atomic E-state index is 0.441. The van der Waals surface area contributed by atoms with Crippen LogP contribution in [0.3, 0.4) is 0 Å². The number of hydrogen-bond donors (Lipinski definition) is 1. The first-order valence-electron chi connectivity index (χ1n) is 10.7. The molecular formula is C27H24BrClN2O2. The summed E-state index contributed by atoms with van der Waals surface area (Å²) in [7, 11) is 0. The number of rotatable bonds is 9. The highest BCUT2D eigenvalue weighted by Gasteiger charge is 2.13. The maximum atomic E-state index is 6.22. The predicted octanol–water partition coefficient (Wildman–Crippen LogP) is 7.36. The Morgan fingerprint density at radius 1 is 0.970 bits per heavy atom. The highest BCUT2D eigenvalue weighted by atomic mass is 79.9. The van der Waals surface area contributed by atoms with Gasteiger partial charge in [0.2, 0.25) is 0 Å². The van der Waals surface area contributed by atoms with Gasteiger partial charge in [-0.2, -0.15) is 5.10 Å². The van der Waals surface area contributed by atoms with Gasteiger partial charge in [-0.15, -0.1) is 0 Å². The molecule has 0 amide bonds. The molecule has 6 heteroatoms. The second kappa shape index (κ2) is 11.2. The van der Waals surface area contributed by atoms with E-state index in [9.17, 15) is 0 Å². The average Bonchev–Trinajstić information content (AvgIpc) is 2.83. The van der Waals surface area contributed by atoms with Crippen LogP contribution >= 0.6 is 27.5 Å².